The van der Waals surface area contributed by atoms with E-state index in [-0.39, 0.29) is 24.5 Å². The van der Waals surface area contributed by atoms with Gasteiger partial charge in [-0.15, -0.1) is 0 Å². The molecule has 98 valence electrons. The van der Waals surface area contributed by atoms with Crippen molar-refractivity contribution in [3.05, 3.63) is 0 Å². The summed E-state index contributed by atoms with van der Waals surface area (Å²) in [6.07, 6.45) is 1.60. The molecule has 2 amide bonds. The van der Waals surface area contributed by atoms with Crippen molar-refractivity contribution in [3.8, 4) is 0 Å². The van der Waals surface area contributed by atoms with E-state index in [4.69, 9.17) is 5.11 Å². The van der Waals surface area contributed by atoms with Crippen molar-refractivity contribution in [2.24, 2.45) is 5.92 Å². The van der Waals surface area contributed by atoms with Gasteiger partial charge in [0.05, 0.1) is 0 Å². The van der Waals surface area contributed by atoms with Gasteiger partial charge in [0.1, 0.15) is 0 Å². The molecule has 0 radical (unpaired) electrons. The van der Waals surface area contributed by atoms with Crippen LogP contribution in [0.3, 0.4) is 0 Å². The van der Waals surface area contributed by atoms with E-state index >= 15 is 0 Å². The number of urea groups is 1. The van der Waals surface area contributed by atoms with Crippen molar-refractivity contribution in [1.82, 2.24) is 10.2 Å². The topological polar surface area (TPSA) is 69.6 Å². The van der Waals surface area contributed by atoms with Gasteiger partial charge in [-0.25, -0.2) is 4.79 Å². The minimum absolute atomic E-state index is 0.0697. The summed E-state index contributed by atoms with van der Waals surface area (Å²) in [6, 6.07) is 0.109. The number of aliphatic carboxylic acids is 1. The third kappa shape index (κ3) is 4.24. The minimum Gasteiger partial charge on any atom is -0.481 e. The van der Waals surface area contributed by atoms with Crippen LogP contribution in [0.15, 0.2) is 0 Å². The van der Waals surface area contributed by atoms with Gasteiger partial charge in [0, 0.05) is 25.0 Å². The van der Waals surface area contributed by atoms with E-state index in [2.05, 4.69) is 12.2 Å². The smallest absolute Gasteiger partial charge is 0.317 e. The second-order valence-electron chi connectivity index (χ2n) is 5.13. The van der Waals surface area contributed by atoms with Crippen LogP contribution < -0.4 is 5.32 Å². The molecule has 3 unspecified atom stereocenters. The first-order valence-electron chi connectivity index (χ1n) is 6.19. The van der Waals surface area contributed by atoms with Crippen LogP contribution in [0.2, 0.25) is 0 Å². The highest BCUT2D eigenvalue weighted by molar-refractivity contribution is 5.75. The highest BCUT2D eigenvalue weighted by Crippen LogP contribution is 2.22. The van der Waals surface area contributed by atoms with E-state index in [1.165, 1.54) is 0 Å². The zero-order chi connectivity index (χ0) is 13.0. The molecule has 0 spiro atoms. The Balaban J connectivity index is 2.35. The van der Waals surface area contributed by atoms with E-state index in [1.807, 2.05) is 18.7 Å². The van der Waals surface area contributed by atoms with E-state index in [0.717, 1.165) is 13.0 Å². The average molecular weight is 242 g/mol. The number of hydrogen-bond donors (Lipinski definition) is 2. The third-order valence-corrected chi connectivity index (χ3v) is 3.21. The molecule has 0 aliphatic carbocycles. The van der Waals surface area contributed by atoms with Gasteiger partial charge in [0.2, 0.25) is 0 Å². The maximum atomic E-state index is 11.9. The highest BCUT2D eigenvalue weighted by atomic mass is 16.4. The van der Waals surface area contributed by atoms with Crippen LogP contribution in [0.5, 0.6) is 0 Å². The maximum Gasteiger partial charge on any atom is 0.317 e. The van der Waals surface area contributed by atoms with Gasteiger partial charge >= 0.3 is 12.0 Å². The van der Waals surface area contributed by atoms with E-state index in [0.29, 0.717) is 12.3 Å². The van der Waals surface area contributed by atoms with E-state index in [1.54, 1.807) is 0 Å². The molecule has 0 aromatic heterocycles. The highest BCUT2D eigenvalue weighted by Gasteiger charge is 2.30. The van der Waals surface area contributed by atoms with Crippen LogP contribution >= 0.6 is 0 Å². The SMILES string of the molecule is CC1CC(C)N(C(=O)NC(C)CCC(=O)O)C1. The summed E-state index contributed by atoms with van der Waals surface area (Å²) >= 11 is 0. The first-order chi connectivity index (χ1) is 7.90. The van der Waals surface area contributed by atoms with Gasteiger partial charge in [0.15, 0.2) is 0 Å². The van der Waals surface area contributed by atoms with Gasteiger partial charge in [-0.2, -0.15) is 0 Å². The van der Waals surface area contributed by atoms with E-state index < -0.39 is 5.97 Å². The summed E-state index contributed by atoms with van der Waals surface area (Å²) in [5, 5.41) is 11.4. The normalized spacial score (nSPS) is 25.7. The Morgan fingerprint density at radius 2 is 2.12 bits per heavy atom. The van der Waals surface area contributed by atoms with Gasteiger partial charge in [-0.1, -0.05) is 6.92 Å². The van der Waals surface area contributed by atoms with Crippen LogP contribution in [0.25, 0.3) is 0 Å². The van der Waals surface area contributed by atoms with Crippen LogP contribution in [0.4, 0.5) is 4.79 Å². The third-order valence-electron chi connectivity index (χ3n) is 3.21. The molecule has 5 nitrogen and oxygen atoms in total. The second kappa shape index (κ2) is 5.89. The van der Waals surface area contributed by atoms with Gasteiger partial charge < -0.3 is 15.3 Å². The van der Waals surface area contributed by atoms with Crippen molar-refractivity contribution in [2.45, 2.75) is 52.1 Å². The number of nitrogens with zero attached hydrogens (tertiary/aromatic N) is 1. The zero-order valence-electron chi connectivity index (χ0n) is 10.8. The van der Waals surface area contributed by atoms with Crippen LogP contribution in [0.1, 0.15) is 40.0 Å². The van der Waals surface area contributed by atoms with E-state index in [9.17, 15) is 9.59 Å². The lowest BCUT2D eigenvalue weighted by atomic mass is 10.1. The molecule has 5 heteroatoms. The molecule has 1 fully saturated rings. The molecule has 0 aromatic carbocycles. The number of carboxylic acids is 1. The molecule has 0 saturated carbocycles. The van der Waals surface area contributed by atoms with Gasteiger partial charge in [-0.3, -0.25) is 4.79 Å². The largest absolute Gasteiger partial charge is 0.481 e. The molecule has 1 aliphatic heterocycles. The molecule has 0 aromatic rings. The second-order valence-corrected chi connectivity index (χ2v) is 5.13. The molecule has 1 rings (SSSR count). The molecule has 1 aliphatic rings. The molecular weight excluding hydrogens is 220 g/mol. The molecule has 17 heavy (non-hydrogen) atoms. The monoisotopic (exact) mass is 242 g/mol. The maximum absolute atomic E-state index is 11.9. The first kappa shape index (κ1) is 13.8. The molecule has 0 bridgehead atoms. The summed E-state index contributed by atoms with van der Waals surface area (Å²) in [5.41, 5.74) is 0. The lowest BCUT2D eigenvalue weighted by molar-refractivity contribution is -0.137. The number of hydrogen-bond acceptors (Lipinski definition) is 2. The molecular formula is C12H22N2O3. The minimum atomic E-state index is -0.825. The predicted molar refractivity (Wildman–Crippen MR) is 64.8 cm³/mol. The fourth-order valence-corrected chi connectivity index (χ4v) is 2.29. The van der Waals surface area contributed by atoms with Crippen molar-refractivity contribution in [2.75, 3.05) is 6.54 Å². The fraction of sp³-hybridized carbons (Fsp3) is 0.833. The first-order valence-corrected chi connectivity index (χ1v) is 6.19. The summed E-state index contributed by atoms with van der Waals surface area (Å²) < 4.78 is 0. The number of rotatable bonds is 4. The molecule has 3 atom stereocenters. The lowest BCUT2D eigenvalue weighted by Crippen LogP contribution is -2.45. The Morgan fingerprint density at radius 3 is 2.59 bits per heavy atom. The Kier molecular flexibility index (Phi) is 4.78. The fourth-order valence-electron chi connectivity index (χ4n) is 2.29. The van der Waals surface area contributed by atoms with Crippen molar-refractivity contribution >= 4 is 12.0 Å². The Morgan fingerprint density at radius 1 is 1.47 bits per heavy atom. The van der Waals surface area contributed by atoms with Crippen LogP contribution in [-0.4, -0.2) is 40.6 Å². The Hall–Kier alpha value is -1.26. The molecule has 1 saturated heterocycles. The predicted octanol–water partition coefficient (Wildman–Crippen LogP) is 1.68. The molecule has 2 N–H and O–H groups in total. The summed E-state index contributed by atoms with van der Waals surface area (Å²) in [7, 11) is 0. The Bertz CT molecular complexity index is 293. The number of likely N-dealkylation sites (tertiary alicyclic amines) is 1. The zero-order valence-corrected chi connectivity index (χ0v) is 10.8. The molecule has 1 heterocycles. The summed E-state index contributed by atoms with van der Waals surface area (Å²) in [5.74, 6) is -0.278. The summed E-state index contributed by atoms with van der Waals surface area (Å²) in [6.45, 7) is 6.81. The van der Waals surface area contributed by atoms with Gasteiger partial charge in [-0.05, 0) is 32.6 Å². The quantitative estimate of drug-likeness (QED) is 0.788. The summed E-state index contributed by atoms with van der Waals surface area (Å²) in [4.78, 5) is 24.2. The van der Waals surface area contributed by atoms with Crippen LogP contribution in [-0.2, 0) is 4.79 Å². The van der Waals surface area contributed by atoms with Crippen molar-refractivity contribution in [1.29, 1.82) is 0 Å². The standard InChI is InChI=1S/C12H22N2O3/c1-8-6-10(3)14(7-8)12(17)13-9(2)4-5-11(15)16/h8-10H,4-7H2,1-3H3,(H,13,17)(H,15,16). The van der Waals surface area contributed by atoms with Crippen molar-refractivity contribution in [3.63, 3.8) is 0 Å². The number of carbonyl (C=O) groups is 2. The number of amides is 2. The Labute approximate surface area is 102 Å². The number of nitrogens with one attached hydrogen (secondary N) is 1. The number of carbonyl (C=O) groups excluding carboxylic acids is 1. The van der Waals surface area contributed by atoms with Crippen molar-refractivity contribution < 1.29 is 14.7 Å². The van der Waals surface area contributed by atoms with Crippen LogP contribution in [0, 0.1) is 5.92 Å². The van der Waals surface area contributed by atoms with Gasteiger partial charge in [0.25, 0.3) is 0 Å². The number of carboxylic acid groups (broad SMARTS) is 1. The average Bonchev–Trinajstić information content (AvgIpc) is 2.55. The lowest BCUT2D eigenvalue weighted by Gasteiger charge is -2.24.